The molecule has 0 aliphatic heterocycles. The van der Waals surface area contributed by atoms with Crippen molar-refractivity contribution in [3.05, 3.63) is 0 Å². The molecule has 0 aromatic rings. The van der Waals surface area contributed by atoms with E-state index in [1.165, 1.54) is 109 Å². The summed E-state index contributed by atoms with van der Waals surface area (Å²) in [6, 6.07) is 0. The standard InChI is InChI=1S/C65H126O17P2/c1-9-58(8)44-36-28-21-24-32-40-48-65(70)82-61(52-76-63(68)46-38-30-22-19-26-34-42-56(4)5)54-80-84(73,74)78-50-59(66)49-77-83(71,72)79-53-60(81-64(69)47-39-31-23-20-27-35-43-57(6)7)51-75-62(67)45-37-29-18-16-14-12-10-11-13-15-17-25-33-41-55(2)3/h55-61,66H,9-54H2,1-8H3,(H,71,72)(H,73,74)/t58?,59-,60-,61-/m1/s1. The maximum atomic E-state index is 13.0. The fraction of sp³-hybridized carbons (Fsp3) is 0.938. The van der Waals surface area contributed by atoms with Crippen LogP contribution in [0.5, 0.6) is 0 Å². The summed E-state index contributed by atoms with van der Waals surface area (Å²) >= 11 is 0. The molecule has 0 radical (unpaired) electrons. The Labute approximate surface area is 511 Å². The summed E-state index contributed by atoms with van der Waals surface area (Å²) in [5.41, 5.74) is 0. The van der Waals surface area contributed by atoms with Gasteiger partial charge in [-0.2, -0.15) is 0 Å². The number of ether oxygens (including phenoxy) is 4. The van der Waals surface area contributed by atoms with Crippen molar-refractivity contribution in [2.24, 2.45) is 23.7 Å². The van der Waals surface area contributed by atoms with Gasteiger partial charge in [-0.15, -0.1) is 0 Å². The second-order valence-electron chi connectivity index (χ2n) is 25.2. The molecule has 0 fully saturated rings. The molecule has 0 rings (SSSR count). The van der Waals surface area contributed by atoms with Gasteiger partial charge in [0.05, 0.1) is 26.4 Å². The van der Waals surface area contributed by atoms with Crippen molar-refractivity contribution in [3.8, 4) is 0 Å². The summed E-state index contributed by atoms with van der Waals surface area (Å²) in [6.07, 6.45) is 35.2. The van der Waals surface area contributed by atoms with Crippen molar-refractivity contribution >= 4 is 39.5 Å². The van der Waals surface area contributed by atoms with Crippen LogP contribution in [0.15, 0.2) is 0 Å². The minimum absolute atomic E-state index is 0.101. The second-order valence-corrected chi connectivity index (χ2v) is 28.1. The first kappa shape index (κ1) is 82.1. The lowest BCUT2D eigenvalue weighted by Crippen LogP contribution is -2.30. The van der Waals surface area contributed by atoms with Crippen LogP contribution in [-0.2, 0) is 65.4 Å². The number of phosphoric acid groups is 2. The lowest BCUT2D eigenvalue weighted by Gasteiger charge is -2.21. The number of phosphoric ester groups is 2. The van der Waals surface area contributed by atoms with E-state index in [0.717, 1.165) is 108 Å². The first-order chi connectivity index (χ1) is 40.1. The number of hydrogen-bond acceptors (Lipinski definition) is 15. The second kappa shape index (κ2) is 55.2. The molecule has 6 atom stereocenters. The molecule has 0 aliphatic rings. The Hall–Kier alpha value is -1.94. The molecule has 3 unspecified atom stereocenters. The number of aliphatic hydroxyl groups excluding tert-OH is 1. The zero-order chi connectivity index (χ0) is 62.5. The van der Waals surface area contributed by atoms with E-state index >= 15 is 0 Å². The molecule has 0 aromatic heterocycles. The molecule has 3 N–H and O–H groups in total. The summed E-state index contributed by atoms with van der Waals surface area (Å²) in [6.45, 7) is 13.9. The van der Waals surface area contributed by atoms with Crippen LogP contribution < -0.4 is 0 Å². The predicted molar refractivity (Wildman–Crippen MR) is 335 cm³/mol. The van der Waals surface area contributed by atoms with Crippen LogP contribution in [0.1, 0.15) is 312 Å². The molecule has 17 nitrogen and oxygen atoms in total. The zero-order valence-electron chi connectivity index (χ0n) is 54.5. The number of hydrogen-bond donors (Lipinski definition) is 3. The highest BCUT2D eigenvalue weighted by Crippen LogP contribution is 2.45. The van der Waals surface area contributed by atoms with Crippen molar-refractivity contribution in [1.29, 1.82) is 0 Å². The van der Waals surface area contributed by atoms with Crippen molar-refractivity contribution in [1.82, 2.24) is 0 Å². The quantitative estimate of drug-likeness (QED) is 0.0222. The molecule has 19 heteroatoms. The van der Waals surface area contributed by atoms with Gasteiger partial charge in [-0.3, -0.25) is 37.3 Å². The maximum Gasteiger partial charge on any atom is 0.472 e. The number of carbonyl (C=O) groups is 4. The first-order valence-corrected chi connectivity index (χ1v) is 36.7. The van der Waals surface area contributed by atoms with E-state index in [2.05, 4.69) is 55.4 Å². The van der Waals surface area contributed by atoms with E-state index in [1.54, 1.807) is 0 Å². The third-order valence-corrected chi connectivity index (χ3v) is 17.1. The van der Waals surface area contributed by atoms with Crippen LogP contribution in [0.4, 0.5) is 0 Å². The summed E-state index contributed by atoms with van der Waals surface area (Å²) in [4.78, 5) is 72.2. The van der Waals surface area contributed by atoms with Crippen LogP contribution in [0.25, 0.3) is 0 Å². The average molecular weight is 1240 g/mol. The van der Waals surface area contributed by atoms with Crippen molar-refractivity contribution in [2.75, 3.05) is 39.6 Å². The largest absolute Gasteiger partial charge is 0.472 e. The van der Waals surface area contributed by atoms with E-state index in [-0.39, 0.29) is 25.7 Å². The summed E-state index contributed by atoms with van der Waals surface area (Å²) < 4.78 is 67.9. The molecule has 0 spiro atoms. The Morgan fingerprint density at radius 3 is 0.845 bits per heavy atom. The monoisotopic (exact) mass is 1240 g/mol. The van der Waals surface area contributed by atoms with Gasteiger partial charge in [0.25, 0.3) is 0 Å². The van der Waals surface area contributed by atoms with Gasteiger partial charge in [-0.05, 0) is 49.4 Å². The highest BCUT2D eigenvalue weighted by atomic mass is 31.2. The van der Waals surface area contributed by atoms with Gasteiger partial charge in [-0.1, -0.05) is 261 Å². The third-order valence-electron chi connectivity index (χ3n) is 15.2. The minimum atomic E-state index is -4.95. The van der Waals surface area contributed by atoms with Crippen LogP contribution >= 0.6 is 15.6 Å². The molecule has 0 amide bonds. The normalized spacial score (nSPS) is 14.7. The molecule has 84 heavy (non-hydrogen) atoms. The van der Waals surface area contributed by atoms with Gasteiger partial charge < -0.3 is 33.8 Å². The van der Waals surface area contributed by atoms with Crippen LogP contribution in [0.2, 0.25) is 0 Å². The summed E-state index contributed by atoms with van der Waals surface area (Å²) in [7, 11) is -9.89. The third kappa shape index (κ3) is 57.8. The Kier molecular flexibility index (Phi) is 53.9. The van der Waals surface area contributed by atoms with E-state index < -0.39 is 97.5 Å². The highest BCUT2D eigenvalue weighted by molar-refractivity contribution is 7.47. The topological polar surface area (TPSA) is 237 Å². The highest BCUT2D eigenvalue weighted by Gasteiger charge is 2.30. The number of carbonyl (C=O) groups excluding carboxylic acids is 4. The number of esters is 4. The molecular formula is C65H126O17P2. The van der Waals surface area contributed by atoms with Gasteiger partial charge in [0.2, 0.25) is 0 Å². The molecule has 0 saturated heterocycles. The Morgan fingerprint density at radius 2 is 0.571 bits per heavy atom. The smallest absolute Gasteiger partial charge is 0.462 e. The van der Waals surface area contributed by atoms with Gasteiger partial charge >= 0.3 is 39.5 Å². The van der Waals surface area contributed by atoms with Crippen molar-refractivity contribution < 1.29 is 80.2 Å². The first-order valence-electron chi connectivity index (χ1n) is 33.7. The van der Waals surface area contributed by atoms with E-state index in [1.807, 2.05) is 0 Å². The van der Waals surface area contributed by atoms with Crippen molar-refractivity contribution in [2.45, 2.75) is 331 Å². The van der Waals surface area contributed by atoms with Gasteiger partial charge in [0.15, 0.2) is 12.2 Å². The van der Waals surface area contributed by atoms with Gasteiger partial charge in [0.1, 0.15) is 19.3 Å². The van der Waals surface area contributed by atoms with Crippen LogP contribution in [-0.4, -0.2) is 96.7 Å². The Morgan fingerprint density at radius 1 is 0.333 bits per heavy atom. The molecule has 0 heterocycles. The number of aliphatic hydroxyl groups is 1. The molecular weight excluding hydrogens is 1110 g/mol. The fourth-order valence-corrected chi connectivity index (χ4v) is 11.2. The van der Waals surface area contributed by atoms with Crippen molar-refractivity contribution in [3.63, 3.8) is 0 Å². The molecule has 0 saturated carbocycles. The number of unbranched alkanes of at least 4 members (excludes halogenated alkanes) is 27. The van der Waals surface area contributed by atoms with E-state index in [0.29, 0.717) is 37.5 Å². The number of rotatable bonds is 62. The Bertz CT molecular complexity index is 1680. The van der Waals surface area contributed by atoms with Gasteiger partial charge in [0, 0.05) is 25.7 Å². The molecule has 498 valence electrons. The lowest BCUT2D eigenvalue weighted by atomic mass is 10.00. The van der Waals surface area contributed by atoms with E-state index in [9.17, 15) is 43.2 Å². The Balaban J connectivity index is 5.19. The fourth-order valence-electron chi connectivity index (χ4n) is 9.57. The SMILES string of the molecule is CCC(C)CCCCCCCCC(=O)O[C@H](COC(=O)CCCCCCCCC(C)C)COP(=O)(O)OC[C@H](O)COP(=O)(O)OC[C@@H](COC(=O)CCCCCCCCCCCCCCCC(C)C)OC(=O)CCCCCCCCC(C)C. The average Bonchev–Trinajstić information content (AvgIpc) is 3.48. The zero-order valence-corrected chi connectivity index (χ0v) is 56.3. The molecule has 0 aromatic carbocycles. The molecule has 0 aliphatic carbocycles. The van der Waals surface area contributed by atoms with Crippen LogP contribution in [0, 0.1) is 23.7 Å². The predicted octanol–water partition coefficient (Wildman–Crippen LogP) is 17.8. The summed E-state index contributed by atoms with van der Waals surface area (Å²) in [5.74, 6) is 0.715. The lowest BCUT2D eigenvalue weighted by molar-refractivity contribution is -0.161. The van der Waals surface area contributed by atoms with Crippen LogP contribution in [0.3, 0.4) is 0 Å². The van der Waals surface area contributed by atoms with Gasteiger partial charge in [-0.25, -0.2) is 9.13 Å². The summed E-state index contributed by atoms with van der Waals surface area (Å²) in [5, 5.41) is 10.5. The van der Waals surface area contributed by atoms with E-state index in [4.69, 9.17) is 37.0 Å². The molecule has 0 bridgehead atoms. The minimum Gasteiger partial charge on any atom is -0.462 e. The maximum absolute atomic E-state index is 13.0.